The monoisotopic (exact) mass is 484 g/mol. The smallest absolute Gasteiger partial charge is 0.325 e. The molecule has 3 aliphatic rings. The molecule has 5 rings (SSSR count). The summed E-state index contributed by atoms with van der Waals surface area (Å²) in [5.74, 6) is -0.136. The number of urea groups is 1. The van der Waals surface area contributed by atoms with Crippen LogP contribution in [0.4, 0.5) is 9.18 Å². The molecular weight excluding hydrogens is 459 g/mol. The van der Waals surface area contributed by atoms with Gasteiger partial charge in [-0.2, -0.15) is 0 Å². The first-order valence-corrected chi connectivity index (χ1v) is 11.7. The molecule has 178 valence electrons. The lowest BCUT2D eigenvalue weighted by molar-refractivity contribution is -0.127. The molecule has 0 saturated carbocycles. The highest BCUT2D eigenvalue weighted by Gasteiger charge is 2.50. The number of aliphatic imine (C=N–C) groups is 1. The number of halogens is 2. The van der Waals surface area contributed by atoms with Gasteiger partial charge in [-0.1, -0.05) is 48.0 Å². The average Bonchev–Trinajstić information content (AvgIpc) is 3.21. The minimum atomic E-state index is -0.710. The Morgan fingerprint density at radius 3 is 2.38 bits per heavy atom. The van der Waals surface area contributed by atoms with Crippen molar-refractivity contribution in [1.29, 1.82) is 0 Å². The third-order valence-electron chi connectivity index (χ3n) is 6.64. The summed E-state index contributed by atoms with van der Waals surface area (Å²) in [4.78, 5) is 37.5. The van der Waals surface area contributed by atoms with E-state index in [1.54, 1.807) is 25.2 Å². The summed E-state index contributed by atoms with van der Waals surface area (Å²) in [6.45, 7) is 3.89. The number of nitrogens with one attached hydrogen (secondary N) is 1. The molecular formula is C24H26ClFN6O2. The number of piperazine rings is 1. The number of imide groups is 1. The minimum Gasteiger partial charge on any atom is -0.340 e. The first-order valence-electron chi connectivity index (χ1n) is 11.3. The normalized spacial score (nSPS) is 23.1. The maximum absolute atomic E-state index is 14.5. The average molecular weight is 485 g/mol. The molecule has 0 aliphatic carbocycles. The van der Waals surface area contributed by atoms with E-state index in [4.69, 9.17) is 16.6 Å². The summed E-state index contributed by atoms with van der Waals surface area (Å²) >= 11 is 6.33. The van der Waals surface area contributed by atoms with Gasteiger partial charge in [0.2, 0.25) is 0 Å². The van der Waals surface area contributed by atoms with Gasteiger partial charge >= 0.3 is 6.03 Å². The number of likely N-dealkylation sites (N-methyl/N-ethyl adjacent to an activating group) is 1. The second-order valence-corrected chi connectivity index (χ2v) is 9.17. The summed E-state index contributed by atoms with van der Waals surface area (Å²) in [5, 5.41) is 3.15. The maximum Gasteiger partial charge on any atom is 0.325 e. The van der Waals surface area contributed by atoms with Crippen LogP contribution in [-0.4, -0.2) is 82.9 Å². The van der Waals surface area contributed by atoms with Crippen LogP contribution in [0.25, 0.3) is 0 Å². The second-order valence-electron chi connectivity index (χ2n) is 8.77. The van der Waals surface area contributed by atoms with E-state index < -0.39 is 24.1 Å². The summed E-state index contributed by atoms with van der Waals surface area (Å²) in [7, 11) is 1.62. The van der Waals surface area contributed by atoms with Crippen molar-refractivity contribution in [2.45, 2.75) is 25.3 Å². The zero-order valence-electron chi connectivity index (χ0n) is 18.8. The number of nitrogens with zero attached hydrogens (tertiary/aromatic N) is 5. The van der Waals surface area contributed by atoms with Crippen molar-refractivity contribution in [3.05, 3.63) is 70.5 Å². The molecule has 2 fully saturated rings. The number of carbonyl (C=O) groups is 2. The molecule has 8 nitrogen and oxygen atoms in total. The number of benzene rings is 2. The zero-order chi connectivity index (χ0) is 23.8. The van der Waals surface area contributed by atoms with Gasteiger partial charge in [-0.25, -0.2) is 14.2 Å². The third-order valence-corrected chi connectivity index (χ3v) is 7.01. The van der Waals surface area contributed by atoms with Crippen molar-refractivity contribution >= 4 is 29.5 Å². The predicted octanol–water partition coefficient (Wildman–Crippen LogP) is 2.34. The molecule has 10 heteroatoms. The molecule has 3 amide bonds. The second kappa shape index (κ2) is 9.23. The van der Waals surface area contributed by atoms with E-state index >= 15 is 0 Å². The Bertz CT molecular complexity index is 1140. The van der Waals surface area contributed by atoms with Crippen LogP contribution >= 0.6 is 11.6 Å². The van der Waals surface area contributed by atoms with Crippen LogP contribution in [0.2, 0.25) is 5.02 Å². The van der Waals surface area contributed by atoms with Gasteiger partial charge in [0.15, 0.2) is 18.2 Å². The molecule has 0 radical (unpaired) electrons. The van der Waals surface area contributed by atoms with Crippen LogP contribution in [0.15, 0.2) is 53.5 Å². The minimum absolute atomic E-state index is 0.183. The van der Waals surface area contributed by atoms with Crippen LogP contribution in [0.1, 0.15) is 11.1 Å². The van der Waals surface area contributed by atoms with E-state index in [0.29, 0.717) is 24.6 Å². The molecule has 0 spiro atoms. The molecule has 0 aromatic heterocycles. The van der Waals surface area contributed by atoms with Gasteiger partial charge in [0.05, 0.1) is 0 Å². The molecule has 2 unspecified atom stereocenters. The summed E-state index contributed by atoms with van der Waals surface area (Å²) in [6, 6.07) is 13.2. The van der Waals surface area contributed by atoms with Gasteiger partial charge in [-0.05, 0) is 17.7 Å². The van der Waals surface area contributed by atoms with Gasteiger partial charge in [0.25, 0.3) is 5.91 Å². The summed E-state index contributed by atoms with van der Waals surface area (Å²) in [5.41, 5.74) is 1.56. The number of guanidine groups is 1. The molecule has 0 bridgehead atoms. The SMILES string of the molecule is CN1C(=O)NC(=O)C2C1N=C(N1CCN(Cc3ccccc3Cl)CC1)N2Cc1ccccc1F. The fourth-order valence-corrected chi connectivity index (χ4v) is 4.92. The van der Waals surface area contributed by atoms with E-state index in [1.807, 2.05) is 29.2 Å². The number of amides is 3. The fourth-order valence-electron chi connectivity index (χ4n) is 4.73. The van der Waals surface area contributed by atoms with Crippen molar-refractivity contribution in [2.75, 3.05) is 33.2 Å². The van der Waals surface area contributed by atoms with Gasteiger partial charge < -0.3 is 14.7 Å². The highest BCUT2D eigenvalue weighted by molar-refractivity contribution is 6.31. The van der Waals surface area contributed by atoms with E-state index in [9.17, 15) is 14.0 Å². The summed E-state index contributed by atoms with van der Waals surface area (Å²) < 4.78 is 14.5. The van der Waals surface area contributed by atoms with E-state index in [0.717, 1.165) is 30.2 Å². The third kappa shape index (κ3) is 4.21. The van der Waals surface area contributed by atoms with Crippen LogP contribution in [0.3, 0.4) is 0 Å². The number of rotatable bonds is 4. The predicted molar refractivity (Wildman–Crippen MR) is 127 cm³/mol. The van der Waals surface area contributed by atoms with Gasteiger partial charge in [0, 0.05) is 56.9 Å². The molecule has 34 heavy (non-hydrogen) atoms. The van der Waals surface area contributed by atoms with E-state index in [-0.39, 0.29) is 12.4 Å². The van der Waals surface area contributed by atoms with Crippen molar-refractivity contribution in [1.82, 2.24) is 24.9 Å². The largest absolute Gasteiger partial charge is 0.340 e. The number of hydrogen-bond acceptors (Lipinski definition) is 6. The highest BCUT2D eigenvalue weighted by atomic mass is 35.5. The van der Waals surface area contributed by atoms with Crippen molar-refractivity contribution in [2.24, 2.45) is 4.99 Å². The lowest BCUT2D eigenvalue weighted by Gasteiger charge is -2.40. The maximum atomic E-state index is 14.5. The Morgan fingerprint density at radius 1 is 1.00 bits per heavy atom. The van der Waals surface area contributed by atoms with Gasteiger partial charge in [-0.15, -0.1) is 0 Å². The standard InChI is InChI=1S/C24H26ClFN6O2/c1-29-21-20(22(33)28-24(29)34)32(15-17-7-3-5-9-19(17)26)23(27-21)31-12-10-30(11-13-31)14-16-6-2-4-8-18(16)25/h2-9,20-21H,10-15H2,1H3,(H,28,33,34). The highest BCUT2D eigenvalue weighted by Crippen LogP contribution is 2.28. The summed E-state index contributed by atoms with van der Waals surface area (Å²) in [6.07, 6.45) is -0.649. The quantitative estimate of drug-likeness (QED) is 0.721. The van der Waals surface area contributed by atoms with Crippen molar-refractivity contribution in [3.8, 4) is 0 Å². The number of fused-ring (bicyclic) bond motifs is 1. The van der Waals surface area contributed by atoms with Gasteiger partial charge in [-0.3, -0.25) is 15.0 Å². The van der Waals surface area contributed by atoms with E-state index in [2.05, 4.69) is 15.1 Å². The first-order chi connectivity index (χ1) is 16.4. The molecule has 2 atom stereocenters. The number of hydrogen-bond donors (Lipinski definition) is 1. The number of carbonyl (C=O) groups excluding carboxylic acids is 2. The Labute approximate surface area is 202 Å². The molecule has 2 aromatic rings. The lowest BCUT2D eigenvalue weighted by atomic mass is 10.1. The molecule has 2 saturated heterocycles. The Kier molecular flexibility index (Phi) is 6.14. The molecule has 3 aliphatic heterocycles. The Morgan fingerprint density at radius 2 is 1.68 bits per heavy atom. The Balaban J connectivity index is 1.36. The van der Waals surface area contributed by atoms with Crippen LogP contribution in [-0.2, 0) is 17.9 Å². The van der Waals surface area contributed by atoms with Crippen LogP contribution < -0.4 is 5.32 Å². The molecule has 3 heterocycles. The van der Waals surface area contributed by atoms with Crippen molar-refractivity contribution in [3.63, 3.8) is 0 Å². The Hall–Kier alpha value is -3.17. The van der Waals surface area contributed by atoms with Gasteiger partial charge in [0.1, 0.15) is 5.82 Å². The fraction of sp³-hybridized carbons (Fsp3) is 0.375. The van der Waals surface area contributed by atoms with Crippen LogP contribution in [0.5, 0.6) is 0 Å². The first kappa shape index (κ1) is 22.6. The lowest BCUT2D eigenvalue weighted by Crippen LogP contribution is -2.64. The molecule has 1 N–H and O–H groups in total. The van der Waals surface area contributed by atoms with Crippen LogP contribution in [0, 0.1) is 5.82 Å². The van der Waals surface area contributed by atoms with Crippen molar-refractivity contribution < 1.29 is 14.0 Å². The molecule has 2 aromatic carbocycles. The zero-order valence-corrected chi connectivity index (χ0v) is 19.6. The topological polar surface area (TPSA) is 71.5 Å². The van der Waals surface area contributed by atoms with E-state index in [1.165, 1.54) is 11.0 Å².